The maximum absolute atomic E-state index is 12.9. The first-order chi connectivity index (χ1) is 12.1. The van der Waals surface area contributed by atoms with Crippen molar-refractivity contribution in [3.05, 3.63) is 70.8 Å². The van der Waals surface area contributed by atoms with E-state index in [1.807, 2.05) is 0 Å². The fraction of sp³-hybridized carbons (Fsp3) is 0.167. The molecule has 1 heterocycles. The fourth-order valence-corrected chi connectivity index (χ4v) is 2.66. The molecule has 0 aromatic heterocycles. The third-order valence-corrected chi connectivity index (χ3v) is 3.87. The highest BCUT2D eigenvalue weighted by molar-refractivity contribution is 6.27. The summed E-state index contributed by atoms with van der Waals surface area (Å²) in [4.78, 5) is 12.0. The van der Waals surface area contributed by atoms with Crippen LogP contribution in [-0.2, 0) is 21.9 Å². The Hall–Kier alpha value is -2.77. The van der Waals surface area contributed by atoms with Crippen molar-refractivity contribution in [1.29, 1.82) is 0 Å². The minimum atomic E-state index is -4.62. The van der Waals surface area contributed by atoms with E-state index in [9.17, 15) is 31.1 Å². The normalized spacial score (nSPS) is 15.4. The van der Waals surface area contributed by atoms with Crippen LogP contribution in [0.15, 0.2) is 48.5 Å². The standard InChI is InChI=1S/C18H10F6O2/c19-17(20,21)12-5-1-3-10(7-12)14-9-26-16(25)15(14)11-4-2-6-13(8-11)18(22,23)24/h1-8H,9H2. The number of rotatable bonds is 2. The van der Waals surface area contributed by atoms with Gasteiger partial charge in [0.1, 0.15) is 6.61 Å². The molecule has 0 saturated heterocycles. The summed E-state index contributed by atoms with van der Waals surface area (Å²) < 4.78 is 82.2. The molecule has 0 aliphatic carbocycles. The van der Waals surface area contributed by atoms with Crippen LogP contribution in [0.25, 0.3) is 11.1 Å². The Kier molecular flexibility index (Phi) is 4.29. The van der Waals surface area contributed by atoms with E-state index in [0.29, 0.717) is 0 Å². The molecule has 2 nitrogen and oxygen atoms in total. The first-order valence-corrected chi connectivity index (χ1v) is 7.33. The van der Waals surface area contributed by atoms with Crippen molar-refractivity contribution in [3.63, 3.8) is 0 Å². The number of carbonyl (C=O) groups is 1. The summed E-state index contributed by atoms with van der Waals surface area (Å²) in [7, 11) is 0. The maximum Gasteiger partial charge on any atom is 0.416 e. The second-order valence-electron chi connectivity index (χ2n) is 5.59. The van der Waals surface area contributed by atoms with Crippen LogP contribution in [0.2, 0.25) is 0 Å². The maximum atomic E-state index is 12.9. The Morgan fingerprint density at radius 3 is 1.81 bits per heavy atom. The van der Waals surface area contributed by atoms with E-state index in [2.05, 4.69) is 0 Å². The first-order valence-electron chi connectivity index (χ1n) is 7.33. The van der Waals surface area contributed by atoms with Gasteiger partial charge in [-0.1, -0.05) is 24.3 Å². The predicted molar refractivity (Wildman–Crippen MR) is 80.7 cm³/mol. The molecule has 0 N–H and O–H groups in total. The summed E-state index contributed by atoms with van der Waals surface area (Å²) in [6.45, 7) is -0.314. The van der Waals surface area contributed by atoms with Gasteiger partial charge in [0, 0.05) is 5.57 Å². The lowest BCUT2D eigenvalue weighted by molar-refractivity contribution is -0.138. The van der Waals surface area contributed by atoms with Crippen molar-refractivity contribution < 1.29 is 35.9 Å². The van der Waals surface area contributed by atoms with Gasteiger partial charge in [0.2, 0.25) is 0 Å². The number of esters is 1. The van der Waals surface area contributed by atoms with E-state index in [4.69, 9.17) is 4.74 Å². The summed E-state index contributed by atoms with van der Waals surface area (Å²) in [6, 6.07) is 8.24. The van der Waals surface area contributed by atoms with Gasteiger partial charge in [-0.2, -0.15) is 26.3 Å². The number of carbonyl (C=O) groups excluding carboxylic acids is 1. The van der Waals surface area contributed by atoms with Gasteiger partial charge in [0.15, 0.2) is 0 Å². The molecule has 2 aromatic rings. The topological polar surface area (TPSA) is 26.3 Å². The van der Waals surface area contributed by atoms with Crippen LogP contribution in [0.5, 0.6) is 0 Å². The molecule has 2 aromatic carbocycles. The third-order valence-electron chi connectivity index (χ3n) is 3.87. The number of benzene rings is 2. The lowest BCUT2D eigenvalue weighted by atomic mass is 9.94. The molecule has 0 saturated carbocycles. The molecule has 8 heteroatoms. The van der Waals surface area contributed by atoms with Crippen LogP contribution in [0.1, 0.15) is 22.3 Å². The smallest absolute Gasteiger partial charge is 0.416 e. The van der Waals surface area contributed by atoms with Gasteiger partial charge < -0.3 is 4.74 Å². The summed E-state index contributed by atoms with van der Waals surface area (Å²) >= 11 is 0. The fourth-order valence-electron chi connectivity index (χ4n) is 2.66. The van der Waals surface area contributed by atoms with Gasteiger partial charge in [-0.15, -0.1) is 0 Å². The van der Waals surface area contributed by atoms with E-state index in [1.54, 1.807) is 0 Å². The molecule has 3 rings (SSSR count). The largest absolute Gasteiger partial charge is 0.457 e. The summed E-state index contributed by atoms with van der Waals surface area (Å²) in [5.41, 5.74) is -1.94. The Balaban J connectivity index is 2.14. The van der Waals surface area contributed by atoms with Crippen LogP contribution >= 0.6 is 0 Å². The van der Waals surface area contributed by atoms with Crippen molar-refractivity contribution in [2.75, 3.05) is 6.61 Å². The van der Waals surface area contributed by atoms with Gasteiger partial charge in [0.05, 0.1) is 16.7 Å². The van der Waals surface area contributed by atoms with E-state index in [0.717, 1.165) is 36.4 Å². The first kappa shape index (κ1) is 18.0. The Morgan fingerprint density at radius 2 is 1.27 bits per heavy atom. The van der Waals surface area contributed by atoms with Crippen molar-refractivity contribution >= 4 is 17.1 Å². The van der Waals surface area contributed by atoms with Crippen LogP contribution in [-0.4, -0.2) is 12.6 Å². The Bertz CT molecular complexity index is 893. The molecular weight excluding hydrogens is 362 g/mol. The second-order valence-corrected chi connectivity index (χ2v) is 5.59. The summed E-state index contributed by atoms with van der Waals surface area (Å²) in [6.07, 6.45) is -9.20. The molecule has 0 amide bonds. The molecule has 0 unspecified atom stereocenters. The second kappa shape index (κ2) is 6.19. The van der Waals surface area contributed by atoms with E-state index < -0.39 is 29.4 Å². The highest BCUT2D eigenvalue weighted by Gasteiger charge is 2.34. The number of halogens is 6. The molecule has 0 fully saturated rings. The minimum Gasteiger partial charge on any atom is -0.457 e. The zero-order valence-corrected chi connectivity index (χ0v) is 12.9. The lowest BCUT2D eigenvalue weighted by Crippen LogP contribution is -2.07. The third kappa shape index (κ3) is 3.44. The van der Waals surface area contributed by atoms with E-state index in [1.165, 1.54) is 12.1 Å². The Morgan fingerprint density at radius 1 is 0.769 bits per heavy atom. The van der Waals surface area contributed by atoms with Gasteiger partial charge >= 0.3 is 18.3 Å². The molecular formula is C18H10F6O2. The van der Waals surface area contributed by atoms with Crippen LogP contribution in [0.3, 0.4) is 0 Å². The number of hydrogen-bond acceptors (Lipinski definition) is 2. The number of alkyl halides is 6. The zero-order chi connectivity index (χ0) is 19.1. The quantitative estimate of drug-likeness (QED) is 0.536. The molecule has 26 heavy (non-hydrogen) atoms. The van der Waals surface area contributed by atoms with E-state index in [-0.39, 0.29) is 28.9 Å². The number of hydrogen-bond donors (Lipinski definition) is 0. The van der Waals surface area contributed by atoms with Gasteiger partial charge in [-0.25, -0.2) is 4.79 Å². The number of cyclic esters (lactones) is 1. The predicted octanol–water partition coefficient (Wildman–Crippen LogP) is 5.19. The summed E-state index contributed by atoms with van der Waals surface area (Å²) in [5.74, 6) is -0.878. The molecule has 0 bridgehead atoms. The van der Waals surface area contributed by atoms with Crippen molar-refractivity contribution in [2.45, 2.75) is 12.4 Å². The highest BCUT2D eigenvalue weighted by Crippen LogP contribution is 2.38. The van der Waals surface area contributed by atoms with Crippen LogP contribution in [0.4, 0.5) is 26.3 Å². The van der Waals surface area contributed by atoms with Crippen molar-refractivity contribution in [1.82, 2.24) is 0 Å². The highest BCUT2D eigenvalue weighted by atomic mass is 19.4. The van der Waals surface area contributed by atoms with E-state index >= 15 is 0 Å². The molecule has 0 radical (unpaired) electrons. The lowest BCUT2D eigenvalue weighted by Gasteiger charge is -2.11. The molecule has 1 aliphatic rings. The average Bonchev–Trinajstić information content (AvgIpc) is 2.95. The van der Waals surface area contributed by atoms with Crippen molar-refractivity contribution in [3.8, 4) is 0 Å². The van der Waals surface area contributed by atoms with Gasteiger partial charge in [-0.3, -0.25) is 0 Å². The van der Waals surface area contributed by atoms with Gasteiger partial charge in [0.25, 0.3) is 0 Å². The number of ether oxygens (including phenoxy) is 1. The molecule has 1 aliphatic heterocycles. The molecule has 0 atom stereocenters. The Labute approximate surface area is 143 Å². The van der Waals surface area contributed by atoms with Crippen molar-refractivity contribution in [2.24, 2.45) is 0 Å². The molecule has 136 valence electrons. The van der Waals surface area contributed by atoms with Crippen LogP contribution < -0.4 is 0 Å². The monoisotopic (exact) mass is 372 g/mol. The zero-order valence-electron chi connectivity index (χ0n) is 12.9. The SMILES string of the molecule is O=C1OCC(c2cccc(C(F)(F)F)c2)=C1c1cccc(C(F)(F)F)c1. The average molecular weight is 372 g/mol. The minimum absolute atomic E-state index is 0.0604. The summed E-state index contributed by atoms with van der Waals surface area (Å²) in [5, 5.41) is 0. The van der Waals surface area contributed by atoms with Crippen LogP contribution in [0, 0.1) is 0 Å². The molecule has 0 spiro atoms. The van der Waals surface area contributed by atoms with Gasteiger partial charge in [-0.05, 0) is 35.4 Å².